The van der Waals surface area contributed by atoms with Crippen molar-refractivity contribution < 1.29 is 0 Å². The Balaban J connectivity index is 1.86. The fourth-order valence-corrected chi connectivity index (χ4v) is 2.66. The Morgan fingerprint density at radius 3 is 2.76 bits per heavy atom. The molecule has 1 aliphatic heterocycles. The number of piperidine rings is 1. The summed E-state index contributed by atoms with van der Waals surface area (Å²) in [6.07, 6.45) is 4.41. The highest BCUT2D eigenvalue weighted by Crippen LogP contribution is 2.23. The Bertz CT molecular complexity index is 317. The van der Waals surface area contributed by atoms with Crippen LogP contribution < -0.4 is 10.2 Å². The van der Waals surface area contributed by atoms with E-state index in [0.29, 0.717) is 6.04 Å². The van der Waals surface area contributed by atoms with Gasteiger partial charge in [0, 0.05) is 25.3 Å². The second-order valence-electron chi connectivity index (χ2n) is 4.86. The number of aromatic nitrogens is 1. The van der Waals surface area contributed by atoms with Gasteiger partial charge in [0.2, 0.25) is 0 Å². The smallest absolute Gasteiger partial charge is 0.128 e. The second-order valence-corrected chi connectivity index (χ2v) is 4.86. The molecular formula is C14H23N3. The normalized spacial score (nSPS) is 19.3. The van der Waals surface area contributed by atoms with E-state index in [9.17, 15) is 0 Å². The van der Waals surface area contributed by atoms with Crippen LogP contribution in [0.4, 0.5) is 5.82 Å². The van der Waals surface area contributed by atoms with Crippen LogP contribution in [0.2, 0.25) is 0 Å². The van der Waals surface area contributed by atoms with Crippen molar-refractivity contribution in [3.8, 4) is 0 Å². The average molecular weight is 233 g/mol. The minimum atomic E-state index is 0.644. The molecule has 2 rings (SSSR count). The second kappa shape index (κ2) is 6.01. The van der Waals surface area contributed by atoms with Crippen molar-refractivity contribution in [1.82, 2.24) is 10.3 Å². The molecule has 1 aromatic rings. The zero-order valence-electron chi connectivity index (χ0n) is 10.9. The molecule has 0 radical (unpaired) electrons. The number of nitrogens with one attached hydrogen (secondary N) is 1. The zero-order chi connectivity index (χ0) is 12.1. The first-order valence-electron chi connectivity index (χ1n) is 6.70. The van der Waals surface area contributed by atoms with Gasteiger partial charge < -0.3 is 10.2 Å². The molecular weight excluding hydrogens is 210 g/mol. The molecule has 0 saturated carbocycles. The Hall–Kier alpha value is -1.09. The van der Waals surface area contributed by atoms with Gasteiger partial charge in [0.15, 0.2) is 0 Å². The van der Waals surface area contributed by atoms with Crippen LogP contribution in [0.1, 0.15) is 26.7 Å². The van der Waals surface area contributed by atoms with E-state index in [1.807, 2.05) is 12.3 Å². The monoisotopic (exact) mass is 233 g/mol. The summed E-state index contributed by atoms with van der Waals surface area (Å²) >= 11 is 0. The van der Waals surface area contributed by atoms with Gasteiger partial charge >= 0.3 is 0 Å². The third kappa shape index (κ3) is 3.19. The molecule has 1 aliphatic rings. The van der Waals surface area contributed by atoms with Crippen molar-refractivity contribution in [2.24, 2.45) is 5.92 Å². The lowest BCUT2D eigenvalue weighted by Gasteiger charge is -2.35. The maximum Gasteiger partial charge on any atom is 0.128 e. The van der Waals surface area contributed by atoms with E-state index in [4.69, 9.17) is 0 Å². The molecule has 1 aromatic heterocycles. The highest BCUT2D eigenvalue weighted by molar-refractivity contribution is 5.37. The van der Waals surface area contributed by atoms with Crippen LogP contribution >= 0.6 is 0 Å². The number of nitrogens with zero attached hydrogens (tertiary/aromatic N) is 2. The van der Waals surface area contributed by atoms with Crippen molar-refractivity contribution in [3.63, 3.8) is 0 Å². The summed E-state index contributed by atoms with van der Waals surface area (Å²) in [7, 11) is 0. The van der Waals surface area contributed by atoms with E-state index in [1.165, 1.54) is 12.8 Å². The molecule has 1 saturated heterocycles. The van der Waals surface area contributed by atoms with Crippen LogP contribution in [0.5, 0.6) is 0 Å². The van der Waals surface area contributed by atoms with Crippen LogP contribution in [0, 0.1) is 5.92 Å². The third-order valence-electron chi connectivity index (χ3n) is 3.75. The number of rotatable bonds is 4. The number of pyridine rings is 1. The molecule has 1 unspecified atom stereocenters. The number of hydrogen-bond donors (Lipinski definition) is 1. The Morgan fingerprint density at radius 2 is 2.18 bits per heavy atom. The predicted molar refractivity (Wildman–Crippen MR) is 72.3 cm³/mol. The van der Waals surface area contributed by atoms with Crippen LogP contribution in [0.3, 0.4) is 0 Å². The van der Waals surface area contributed by atoms with E-state index in [-0.39, 0.29) is 0 Å². The Labute approximate surface area is 104 Å². The van der Waals surface area contributed by atoms with E-state index >= 15 is 0 Å². The number of anilines is 1. The molecule has 3 nitrogen and oxygen atoms in total. The summed E-state index contributed by atoms with van der Waals surface area (Å²) in [5.41, 5.74) is 0. The fraction of sp³-hybridized carbons (Fsp3) is 0.643. The molecule has 0 spiro atoms. The maximum absolute atomic E-state index is 4.42. The lowest BCUT2D eigenvalue weighted by molar-refractivity contribution is 0.314. The molecule has 3 heteroatoms. The van der Waals surface area contributed by atoms with Crippen LogP contribution in [0.25, 0.3) is 0 Å². The van der Waals surface area contributed by atoms with Crippen molar-refractivity contribution in [2.75, 3.05) is 24.5 Å². The first-order valence-corrected chi connectivity index (χ1v) is 6.70. The van der Waals surface area contributed by atoms with Crippen LogP contribution in [-0.2, 0) is 0 Å². The molecule has 2 heterocycles. The molecule has 0 aliphatic carbocycles. The maximum atomic E-state index is 4.42. The van der Waals surface area contributed by atoms with Gasteiger partial charge in [-0.05, 0) is 44.4 Å². The average Bonchev–Trinajstić information content (AvgIpc) is 2.40. The van der Waals surface area contributed by atoms with Crippen molar-refractivity contribution in [1.29, 1.82) is 0 Å². The Kier molecular flexibility index (Phi) is 4.37. The van der Waals surface area contributed by atoms with Gasteiger partial charge in [-0.1, -0.05) is 13.0 Å². The van der Waals surface area contributed by atoms with Crippen LogP contribution in [-0.4, -0.2) is 30.7 Å². The van der Waals surface area contributed by atoms with Crippen molar-refractivity contribution >= 4 is 5.82 Å². The standard InChI is InChI=1S/C14H23N3/c1-3-15-12(2)13-7-10-17(11-8-13)14-6-4-5-9-16-14/h4-6,9,12-13,15H,3,7-8,10-11H2,1-2H3. The Morgan fingerprint density at radius 1 is 1.41 bits per heavy atom. The van der Waals surface area contributed by atoms with Gasteiger partial charge in [-0.3, -0.25) is 0 Å². The summed E-state index contributed by atoms with van der Waals surface area (Å²) < 4.78 is 0. The molecule has 94 valence electrons. The van der Waals surface area contributed by atoms with Gasteiger partial charge in [-0.25, -0.2) is 4.98 Å². The molecule has 17 heavy (non-hydrogen) atoms. The van der Waals surface area contributed by atoms with Gasteiger partial charge in [-0.15, -0.1) is 0 Å². The summed E-state index contributed by atoms with van der Waals surface area (Å²) in [4.78, 5) is 6.82. The van der Waals surface area contributed by atoms with Gasteiger partial charge in [-0.2, -0.15) is 0 Å². The zero-order valence-corrected chi connectivity index (χ0v) is 10.9. The van der Waals surface area contributed by atoms with Gasteiger partial charge in [0.1, 0.15) is 5.82 Å². The van der Waals surface area contributed by atoms with Crippen LogP contribution in [0.15, 0.2) is 24.4 Å². The minimum Gasteiger partial charge on any atom is -0.357 e. The fourth-order valence-electron chi connectivity index (χ4n) is 2.66. The van der Waals surface area contributed by atoms with E-state index in [1.54, 1.807) is 0 Å². The topological polar surface area (TPSA) is 28.2 Å². The molecule has 1 N–H and O–H groups in total. The summed E-state index contributed by atoms with van der Waals surface area (Å²) in [6.45, 7) is 7.83. The molecule has 0 aromatic carbocycles. The molecule has 1 atom stereocenters. The highest BCUT2D eigenvalue weighted by Gasteiger charge is 2.23. The first kappa shape index (κ1) is 12.4. The number of hydrogen-bond acceptors (Lipinski definition) is 3. The van der Waals surface area contributed by atoms with Crippen molar-refractivity contribution in [2.45, 2.75) is 32.7 Å². The lowest BCUT2D eigenvalue weighted by atomic mass is 9.90. The quantitative estimate of drug-likeness (QED) is 0.865. The van der Waals surface area contributed by atoms with E-state index in [2.05, 4.69) is 41.2 Å². The summed E-state index contributed by atoms with van der Waals surface area (Å²) in [5.74, 6) is 1.94. The predicted octanol–water partition coefficient (Wildman–Crippen LogP) is 2.30. The van der Waals surface area contributed by atoms with E-state index in [0.717, 1.165) is 31.4 Å². The SMILES string of the molecule is CCNC(C)C1CCN(c2ccccn2)CC1. The third-order valence-corrected chi connectivity index (χ3v) is 3.75. The minimum absolute atomic E-state index is 0.644. The molecule has 0 amide bonds. The largest absolute Gasteiger partial charge is 0.357 e. The van der Waals surface area contributed by atoms with E-state index < -0.39 is 0 Å². The first-order chi connectivity index (χ1) is 8.31. The summed E-state index contributed by atoms with van der Waals surface area (Å²) in [5, 5.41) is 3.54. The lowest BCUT2D eigenvalue weighted by Crippen LogP contribution is -2.42. The van der Waals surface area contributed by atoms with Crippen molar-refractivity contribution in [3.05, 3.63) is 24.4 Å². The molecule has 1 fully saturated rings. The molecule has 0 bridgehead atoms. The summed E-state index contributed by atoms with van der Waals surface area (Å²) in [6, 6.07) is 6.79. The van der Waals surface area contributed by atoms with Gasteiger partial charge in [0.05, 0.1) is 0 Å². The highest BCUT2D eigenvalue weighted by atomic mass is 15.2. The van der Waals surface area contributed by atoms with Gasteiger partial charge in [0.25, 0.3) is 0 Å².